The maximum absolute atomic E-state index is 2.87. The van der Waals surface area contributed by atoms with E-state index in [1.807, 2.05) is 0 Å². The van der Waals surface area contributed by atoms with E-state index in [9.17, 15) is 0 Å². The molecular weight excluding hydrogens is 374 g/mol. The molecule has 2 aromatic carbocycles. The summed E-state index contributed by atoms with van der Waals surface area (Å²) in [4.78, 5) is 0. The minimum atomic E-state index is -1.74. The fourth-order valence-electron chi connectivity index (χ4n) is 2.81. The molecule has 0 aliphatic heterocycles. The van der Waals surface area contributed by atoms with E-state index in [1.54, 1.807) is 0 Å². The Labute approximate surface area is 136 Å². The van der Waals surface area contributed by atoms with Crippen LogP contribution in [0.4, 0.5) is 0 Å². The van der Waals surface area contributed by atoms with Gasteiger partial charge in [0.2, 0.25) is 0 Å². The van der Waals surface area contributed by atoms with Gasteiger partial charge in [0.05, 0.1) is 0 Å². The van der Waals surface area contributed by atoms with Crippen molar-refractivity contribution in [1.29, 1.82) is 0 Å². The predicted molar refractivity (Wildman–Crippen MR) is 102 cm³/mol. The number of halogens is 1. The summed E-state index contributed by atoms with van der Waals surface area (Å²) in [5.74, 6) is 0. The third-order valence-corrected chi connectivity index (χ3v) is 16.0. The Bertz CT molecular complexity index is 486. The summed E-state index contributed by atoms with van der Waals surface area (Å²) in [6.45, 7) is 4.78. The van der Waals surface area contributed by atoms with Crippen molar-refractivity contribution in [3.63, 3.8) is 0 Å². The van der Waals surface area contributed by atoms with Crippen molar-refractivity contribution in [2.45, 2.75) is 26.2 Å². The normalized spacial score (nSPS) is 13.7. The van der Waals surface area contributed by atoms with Crippen LogP contribution >= 0.6 is 26.3 Å². The molecule has 0 aliphatic rings. The van der Waals surface area contributed by atoms with Crippen LogP contribution < -0.4 is 0 Å². The average molecular weight is 398 g/mol. The van der Waals surface area contributed by atoms with Crippen LogP contribution in [0.3, 0.4) is 0 Å². The van der Waals surface area contributed by atoms with Crippen molar-refractivity contribution in [1.82, 2.24) is 0 Å². The molecule has 0 unspecified atom stereocenters. The first kappa shape index (κ1) is 16.0. The van der Waals surface area contributed by atoms with Gasteiger partial charge in [0.15, 0.2) is 0 Å². The van der Waals surface area contributed by atoms with Crippen molar-refractivity contribution in [3.8, 4) is 0 Å². The molecule has 0 spiro atoms. The van der Waals surface area contributed by atoms with Crippen LogP contribution in [0, 0.1) is 0 Å². The first-order valence-corrected chi connectivity index (χ1v) is 13.1. The second kappa shape index (κ2) is 6.58. The van der Waals surface area contributed by atoms with E-state index in [2.05, 4.69) is 96.6 Å². The molecular formula is C18H24IP. The molecule has 2 rings (SSSR count). The summed E-state index contributed by atoms with van der Waals surface area (Å²) in [7, 11) is 0. The zero-order chi connectivity index (χ0) is 14.5. The summed E-state index contributed by atoms with van der Waals surface area (Å²) < 4.78 is -1.74. The fraction of sp³-hybridized carbons (Fsp3) is 0.333. The van der Waals surface area contributed by atoms with Gasteiger partial charge in [-0.1, -0.05) is 0 Å². The van der Waals surface area contributed by atoms with E-state index >= 15 is 0 Å². The van der Waals surface area contributed by atoms with Crippen molar-refractivity contribution < 1.29 is 0 Å². The van der Waals surface area contributed by atoms with Crippen LogP contribution in [0.15, 0.2) is 60.7 Å². The molecule has 0 aromatic heterocycles. The van der Waals surface area contributed by atoms with Crippen molar-refractivity contribution in [3.05, 3.63) is 71.8 Å². The third-order valence-electron chi connectivity index (χ3n) is 4.42. The maximum atomic E-state index is 2.87. The number of benzene rings is 2. The molecule has 0 fully saturated rings. The molecule has 0 heterocycles. The minimum absolute atomic E-state index is 1.26. The molecule has 0 amide bonds. The Morgan fingerprint density at radius 3 is 1.35 bits per heavy atom. The Morgan fingerprint density at radius 1 is 0.700 bits per heavy atom. The first-order chi connectivity index (χ1) is 9.58. The number of rotatable bonds is 6. The predicted octanol–water partition coefficient (Wildman–Crippen LogP) is 6.33. The Hall–Kier alpha value is -0.400. The average Bonchev–Trinajstić information content (AvgIpc) is 2.49. The Kier molecular flexibility index (Phi) is 5.25. The molecule has 0 bridgehead atoms. The van der Waals surface area contributed by atoms with E-state index in [0.29, 0.717) is 0 Å². The Morgan fingerprint density at radius 2 is 1.05 bits per heavy atom. The second-order valence-corrected chi connectivity index (χ2v) is 19.5. The second-order valence-electron chi connectivity index (χ2n) is 5.74. The zero-order valence-electron chi connectivity index (χ0n) is 12.4. The monoisotopic (exact) mass is 398 g/mol. The first-order valence-electron chi connectivity index (χ1n) is 7.38. The van der Waals surface area contributed by atoms with Crippen LogP contribution in [0.2, 0.25) is 0 Å². The van der Waals surface area contributed by atoms with Gasteiger partial charge in [0, 0.05) is 0 Å². The van der Waals surface area contributed by atoms with Gasteiger partial charge in [-0.05, 0) is 0 Å². The van der Waals surface area contributed by atoms with Gasteiger partial charge in [-0.25, -0.2) is 0 Å². The summed E-state index contributed by atoms with van der Waals surface area (Å²) in [6.07, 6.45) is 5.14. The molecule has 0 saturated heterocycles. The molecule has 0 aliphatic carbocycles. The van der Waals surface area contributed by atoms with E-state index < -0.39 is 4.25 Å². The van der Waals surface area contributed by atoms with Crippen LogP contribution in [-0.2, 0) is 12.3 Å². The molecule has 108 valence electrons. The van der Waals surface area contributed by atoms with Gasteiger partial charge in [-0.3, -0.25) is 0 Å². The van der Waals surface area contributed by atoms with E-state index in [4.69, 9.17) is 0 Å². The van der Waals surface area contributed by atoms with Crippen LogP contribution in [0.1, 0.15) is 25.0 Å². The van der Waals surface area contributed by atoms with Gasteiger partial charge in [-0.2, -0.15) is 0 Å². The van der Waals surface area contributed by atoms with Gasteiger partial charge in [0.25, 0.3) is 0 Å². The molecule has 0 radical (unpaired) electrons. The van der Waals surface area contributed by atoms with Crippen LogP contribution in [0.25, 0.3) is 0 Å². The molecule has 0 N–H and O–H groups in total. The molecule has 0 nitrogen and oxygen atoms in total. The third kappa shape index (κ3) is 3.83. The molecule has 20 heavy (non-hydrogen) atoms. The summed E-state index contributed by atoms with van der Waals surface area (Å²) in [5, 5.41) is 0. The van der Waals surface area contributed by atoms with Gasteiger partial charge in [-0.15, -0.1) is 0 Å². The standard InChI is InChI=1S/C18H24IP/c1-3-20(19,4-2,15-17-11-7-5-8-12-17)16-18-13-9-6-10-14-18/h5-14H,3-4,15-16H2,1-2H3. The fourth-order valence-corrected chi connectivity index (χ4v) is 8.87. The van der Waals surface area contributed by atoms with Crippen molar-refractivity contribution in [2.75, 3.05) is 12.3 Å². The number of hydrogen-bond acceptors (Lipinski definition) is 0. The zero-order valence-corrected chi connectivity index (χ0v) is 15.5. The Balaban J connectivity index is 2.31. The summed E-state index contributed by atoms with van der Waals surface area (Å²) in [5.41, 5.74) is 3.00. The molecule has 2 heteroatoms. The quantitative estimate of drug-likeness (QED) is 0.394. The van der Waals surface area contributed by atoms with Crippen LogP contribution in [-0.4, -0.2) is 12.3 Å². The van der Waals surface area contributed by atoms with Crippen LogP contribution in [0.5, 0.6) is 0 Å². The topological polar surface area (TPSA) is 0 Å². The van der Waals surface area contributed by atoms with Crippen molar-refractivity contribution >= 4 is 26.3 Å². The number of hydrogen-bond donors (Lipinski definition) is 0. The molecule has 0 saturated carbocycles. The van der Waals surface area contributed by atoms with Gasteiger partial charge >= 0.3 is 137 Å². The van der Waals surface area contributed by atoms with E-state index in [1.165, 1.54) is 35.8 Å². The van der Waals surface area contributed by atoms with Gasteiger partial charge in [0.1, 0.15) is 0 Å². The SMILES string of the molecule is CCP(I)(CC)(Cc1ccccc1)Cc1ccccc1. The van der Waals surface area contributed by atoms with E-state index in [-0.39, 0.29) is 0 Å². The summed E-state index contributed by atoms with van der Waals surface area (Å²) in [6, 6.07) is 22.0. The van der Waals surface area contributed by atoms with E-state index in [0.717, 1.165) is 0 Å². The molecule has 2 aromatic rings. The van der Waals surface area contributed by atoms with Gasteiger partial charge < -0.3 is 0 Å². The van der Waals surface area contributed by atoms with Crippen molar-refractivity contribution in [2.24, 2.45) is 0 Å². The summed E-state index contributed by atoms with van der Waals surface area (Å²) >= 11 is 2.87. The molecule has 0 atom stereocenters.